The monoisotopic (exact) mass is 1050 g/mol. The maximum absolute atomic E-state index is 14.6. The molecule has 3 aromatic rings. The minimum absolute atomic E-state index is 0.00207. The number of oxime groups is 1. The van der Waals surface area contributed by atoms with Gasteiger partial charge in [0.05, 0.1) is 29.0 Å². The molecule has 3 aliphatic rings. The van der Waals surface area contributed by atoms with Crippen LogP contribution in [0, 0.1) is 33.7 Å². The molecule has 0 spiro atoms. The fourth-order valence-electron chi connectivity index (χ4n) is 10.9. The fraction of sp³-hybridized carbons (Fsp3) is 0.561. The minimum Gasteiger partial charge on any atom is -0.459 e. The first-order valence-corrected chi connectivity index (χ1v) is 27.2. The summed E-state index contributed by atoms with van der Waals surface area (Å²) in [5, 5.41) is 39.2. The van der Waals surface area contributed by atoms with E-state index in [1.165, 1.54) is 74.1 Å². The molecule has 6 rings (SSSR count). The number of nitro groups is 1. The van der Waals surface area contributed by atoms with Crippen molar-refractivity contribution in [3.8, 4) is 11.5 Å². The van der Waals surface area contributed by atoms with Crippen LogP contribution >= 0.6 is 11.6 Å². The number of rotatable bonds is 32. The van der Waals surface area contributed by atoms with Gasteiger partial charge in [0.2, 0.25) is 5.79 Å². The molecular formula is C57H76ClFN4O11. The molecule has 0 bridgehead atoms. The quantitative estimate of drug-likeness (QED) is 0.0177. The number of aliphatic hydroxyl groups excluding tert-OH is 2. The highest BCUT2D eigenvalue weighted by Crippen LogP contribution is 2.62. The lowest BCUT2D eigenvalue weighted by Crippen LogP contribution is -2.70. The van der Waals surface area contributed by atoms with E-state index in [9.17, 15) is 34.3 Å². The predicted molar refractivity (Wildman–Crippen MR) is 283 cm³/mol. The van der Waals surface area contributed by atoms with E-state index in [2.05, 4.69) is 24.9 Å². The topological polar surface area (TPSA) is 192 Å². The lowest BCUT2D eigenvalue weighted by molar-refractivity contribution is -0.384. The second-order valence-electron chi connectivity index (χ2n) is 19.5. The number of carbonyl (C=O) groups is 2. The molecule has 2 amide bonds. The number of halogens is 2. The number of ether oxygens (including phenoxy) is 4. The zero-order chi connectivity index (χ0) is 52.7. The summed E-state index contributed by atoms with van der Waals surface area (Å²) in [6, 6.07) is 16.1. The highest BCUT2D eigenvalue weighted by Gasteiger charge is 2.65. The zero-order valence-corrected chi connectivity index (χ0v) is 43.7. The van der Waals surface area contributed by atoms with Gasteiger partial charge < -0.3 is 39.3 Å². The number of benzene rings is 3. The first-order valence-electron chi connectivity index (χ1n) is 26.7. The Balaban J connectivity index is 1.43. The van der Waals surface area contributed by atoms with E-state index in [1.807, 2.05) is 6.07 Å². The second kappa shape index (κ2) is 30.1. The fourth-order valence-corrected chi connectivity index (χ4v) is 10.9. The highest BCUT2D eigenvalue weighted by atomic mass is 35.5. The maximum Gasteiger partial charge on any atom is 0.412 e. The number of amides is 2. The molecule has 1 fully saturated rings. The van der Waals surface area contributed by atoms with Crippen molar-refractivity contribution in [1.29, 1.82) is 0 Å². The van der Waals surface area contributed by atoms with Gasteiger partial charge in [-0.25, -0.2) is 14.0 Å². The third-order valence-electron chi connectivity index (χ3n) is 14.4. The number of non-ortho nitro benzene ring substituents is 1. The molecule has 2 aliphatic carbocycles. The Morgan fingerprint density at radius 1 is 0.932 bits per heavy atom. The van der Waals surface area contributed by atoms with E-state index in [0.29, 0.717) is 73.4 Å². The molecule has 0 radical (unpaired) electrons. The molecule has 404 valence electrons. The van der Waals surface area contributed by atoms with Crippen molar-refractivity contribution in [2.45, 2.75) is 147 Å². The van der Waals surface area contributed by atoms with E-state index >= 15 is 0 Å². The number of allylic oxidation sites excluding steroid dienone is 1. The van der Waals surface area contributed by atoms with Gasteiger partial charge in [-0.1, -0.05) is 107 Å². The predicted octanol–water partition coefficient (Wildman–Crippen LogP) is 12.5. The number of aliphatic hydroxyl groups is 2. The van der Waals surface area contributed by atoms with Gasteiger partial charge in [-0.2, -0.15) is 0 Å². The normalized spacial score (nSPS) is 21.1. The summed E-state index contributed by atoms with van der Waals surface area (Å²) < 4.78 is 40.5. The Kier molecular flexibility index (Phi) is 23.5. The number of unbranched alkanes of at least 4 members (excludes halogenated alkanes) is 11. The van der Waals surface area contributed by atoms with Crippen LogP contribution in [0.3, 0.4) is 0 Å². The van der Waals surface area contributed by atoms with E-state index in [-0.39, 0.29) is 69.4 Å². The molecule has 3 N–H and O–H groups in total. The van der Waals surface area contributed by atoms with Crippen molar-refractivity contribution in [3.05, 3.63) is 124 Å². The van der Waals surface area contributed by atoms with Crippen LogP contribution in [-0.4, -0.2) is 88.6 Å². The largest absolute Gasteiger partial charge is 0.459 e. The molecule has 6 unspecified atom stereocenters. The average Bonchev–Trinajstić information content (AvgIpc) is 3.40. The van der Waals surface area contributed by atoms with Crippen LogP contribution in [0.2, 0.25) is 0 Å². The van der Waals surface area contributed by atoms with Crippen molar-refractivity contribution in [1.82, 2.24) is 10.2 Å². The van der Waals surface area contributed by atoms with Crippen molar-refractivity contribution < 1.29 is 52.9 Å². The average molecular weight is 1050 g/mol. The van der Waals surface area contributed by atoms with Crippen LogP contribution in [0.5, 0.6) is 11.5 Å². The molecule has 74 heavy (non-hydrogen) atoms. The van der Waals surface area contributed by atoms with Gasteiger partial charge in [0, 0.05) is 56.3 Å². The molecular weight excluding hydrogens is 971 g/mol. The second-order valence-corrected chi connectivity index (χ2v) is 19.9. The van der Waals surface area contributed by atoms with E-state index in [4.69, 9.17) is 40.5 Å². The number of alkyl halides is 1. The number of nitro benzene ring substituents is 1. The molecule has 1 heterocycles. The zero-order valence-electron chi connectivity index (χ0n) is 42.9. The summed E-state index contributed by atoms with van der Waals surface area (Å²) in [4.78, 5) is 46.7. The van der Waals surface area contributed by atoms with Crippen LogP contribution in [0.15, 0.2) is 96.2 Å². The molecule has 15 nitrogen and oxygen atoms in total. The Hall–Kier alpha value is -5.55. The van der Waals surface area contributed by atoms with Crippen molar-refractivity contribution >= 4 is 35.2 Å². The van der Waals surface area contributed by atoms with Crippen LogP contribution in [0.1, 0.15) is 139 Å². The maximum atomic E-state index is 14.6. The van der Waals surface area contributed by atoms with Gasteiger partial charge >= 0.3 is 12.2 Å². The number of hydrogen-bond acceptors (Lipinski definition) is 12. The summed E-state index contributed by atoms with van der Waals surface area (Å²) in [6.07, 6.45) is 18.2. The standard InChI is InChI=1S/C57H76ClFN4O11/c1-3-5-6-7-8-9-10-11-12-15-31-60-55(66)73-46-28-29-51-49(37-46)53-47(19-14-17-33-65)43(18-13-16-32-64)36-48-50(61-72-40-42-22-26-45(27-23-42)63(68)69)38-52(57(74-51,54(48)53)71-34-4-2)62(56(67)70-35-30-58)39-41-20-24-44(59)25-21-41/h4,20-29,36-37,43,47,52-54,64-65H,2-3,5-19,30-35,38-40H2,1H3,(H,60,66). The molecule has 1 saturated carbocycles. The smallest absolute Gasteiger partial charge is 0.412 e. The van der Waals surface area contributed by atoms with E-state index in [1.54, 1.807) is 42.5 Å². The Morgan fingerprint density at radius 2 is 1.61 bits per heavy atom. The van der Waals surface area contributed by atoms with E-state index in [0.717, 1.165) is 30.4 Å². The van der Waals surface area contributed by atoms with Gasteiger partial charge in [-0.05, 0) is 103 Å². The number of hydrogen-bond donors (Lipinski definition) is 3. The lowest BCUT2D eigenvalue weighted by Gasteiger charge is -2.59. The van der Waals surface area contributed by atoms with Crippen LogP contribution < -0.4 is 14.8 Å². The summed E-state index contributed by atoms with van der Waals surface area (Å²) in [5.74, 6) is -2.68. The number of nitrogens with one attached hydrogen (secondary N) is 1. The highest BCUT2D eigenvalue weighted by molar-refractivity contribution is 6.18. The summed E-state index contributed by atoms with van der Waals surface area (Å²) in [6.45, 7) is 6.54. The molecule has 0 saturated heterocycles. The molecule has 6 atom stereocenters. The first kappa shape index (κ1) is 57.7. The third-order valence-corrected chi connectivity index (χ3v) is 14.5. The SMILES string of the molecule is C=CCOC12Oc3ccc(OC(=O)NCCCCCCCCCCCC)cc3C3C(CCCCO)C(CCCCO)C=C(C(=NOCc4ccc([N+](=O)[O-])cc4)CC1N(Cc1ccc(F)cc1)C(=O)OCCCl)C32. The number of carbonyl (C=O) groups excluding carboxylic acids is 2. The Bertz CT molecular complexity index is 2320. The first-order chi connectivity index (χ1) is 36.1. The Morgan fingerprint density at radius 3 is 2.27 bits per heavy atom. The van der Waals surface area contributed by atoms with E-state index < -0.39 is 46.6 Å². The lowest BCUT2D eigenvalue weighted by atomic mass is 9.55. The summed E-state index contributed by atoms with van der Waals surface area (Å²) >= 11 is 6.10. The number of fused-ring (bicyclic) bond motifs is 2. The summed E-state index contributed by atoms with van der Waals surface area (Å²) in [7, 11) is 0. The van der Waals surface area contributed by atoms with Gasteiger partial charge in [0.15, 0.2) is 0 Å². The van der Waals surface area contributed by atoms with Crippen molar-refractivity contribution in [2.75, 3.05) is 38.9 Å². The minimum atomic E-state index is -1.66. The molecule has 17 heteroatoms. The Labute approximate surface area is 440 Å². The molecule has 0 aromatic heterocycles. The molecule has 3 aromatic carbocycles. The van der Waals surface area contributed by atoms with Gasteiger partial charge in [-0.15, -0.1) is 18.2 Å². The third kappa shape index (κ3) is 15.7. The summed E-state index contributed by atoms with van der Waals surface area (Å²) in [5.41, 5.74) is 3.16. The number of nitrogens with zero attached hydrogens (tertiary/aromatic N) is 3. The van der Waals surface area contributed by atoms with Crippen LogP contribution in [0.4, 0.5) is 19.7 Å². The van der Waals surface area contributed by atoms with Crippen LogP contribution in [0.25, 0.3) is 0 Å². The van der Waals surface area contributed by atoms with Crippen LogP contribution in [-0.2, 0) is 27.5 Å². The van der Waals surface area contributed by atoms with Crippen molar-refractivity contribution in [2.24, 2.45) is 22.9 Å². The van der Waals surface area contributed by atoms with Crippen molar-refractivity contribution in [3.63, 3.8) is 0 Å². The molecule has 1 aliphatic heterocycles. The van der Waals surface area contributed by atoms with Gasteiger partial charge in [0.25, 0.3) is 5.69 Å². The van der Waals surface area contributed by atoms with Gasteiger partial charge in [0.1, 0.15) is 36.6 Å². The van der Waals surface area contributed by atoms with Gasteiger partial charge in [-0.3, -0.25) is 15.0 Å².